The van der Waals surface area contributed by atoms with Gasteiger partial charge in [-0.25, -0.2) is 5.01 Å². The molecular weight excluding hydrogens is 443 g/mol. The standard InChI is InChI=1S/C25H28Cl2N4O/c1-2-20-23(25(32)29-30-14-17-6-5-7-18(17)15-30)28-31(22-9-4-3-8-21(22)27)24(20)16-10-12-19(26)13-11-16/h3-4,8-13,17-18,20,24H,2,5-7,14-15H2,1H3,(H,29,32)/t17?,18?,20-,24-/m1/s1. The number of halogens is 2. The Kier molecular flexibility index (Phi) is 6.15. The SMILES string of the molecule is CC[C@@H]1C(C(=O)NN2CC3CCCC3C2)=NN(c2ccccc2Cl)[C@@H]1c1ccc(Cl)cc1. The first-order valence-corrected chi connectivity index (χ1v) is 12.2. The van der Waals surface area contributed by atoms with Gasteiger partial charge in [0.1, 0.15) is 5.71 Å². The van der Waals surface area contributed by atoms with Crippen LogP contribution in [0.2, 0.25) is 10.0 Å². The van der Waals surface area contributed by atoms with Gasteiger partial charge in [-0.15, -0.1) is 0 Å². The molecule has 2 heterocycles. The van der Waals surface area contributed by atoms with E-state index in [1.54, 1.807) is 0 Å². The lowest BCUT2D eigenvalue weighted by molar-refractivity contribution is -0.119. The molecule has 32 heavy (non-hydrogen) atoms. The third kappa shape index (κ3) is 4.02. The maximum absolute atomic E-state index is 13.4. The topological polar surface area (TPSA) is 47.9 Å². The van der Waals surface area contributed by atoms with Crippen LogP contribution in [0.25, 0.3) is 0 Å². The van der Waals surface area contributed by atoms with Crippen molar-refractivity contribution in [1.82, 2.24) is 10.4 Å². The highest BCUT2D eigenvalue weighted by atomic mass is 35.5. The lowest BCUT2D eigenvalue weighted by Crippen LogP contribution is -2.45. The van der Waals surface area contributed by atoms with Gasteiger partial charge in [-0.3, -0.25) is 15.2 Å². The molecule has 5 nitrogen and oxygen atoms in total. The van der Waals surface area contributed by atoms with Gasteiger partial charge in [0.25, 0.3) is 5.91 Å². The monoisotopic (exact) mass is 470 g/mol. The van der Waals surface area contributed by atoms with Crippen molar-refractivity contribution in [2.75, 3.05) is 18.1 Å². The Labute approximate surface area is 199 Å². The van der Waals surface area contributed by atoms with E-state index in [1.807, 2.05) is 53.5 Å². The number of hydrazone groups is 1. The van der Waals surface area contributed by atoms with Crippen LogP contribution in [0.15, 0.2) is 53.6 Å². The Hall–Kier alpha value is -2.08. The van der Waals surface area contributed by atoms with Gasteiger partial charge in [0, 0.05) is 24.0 Å². The summed E-state index contributed by atoms with van der Waals surface area (Å²) >= 11 is 12.7. The Balaban J connectivity index is 1.45. The van der Waals surface area contributed by atoms with E-state index in [-0.39, 0.29) is 17.9 Å². The molecule has 7 heteroatoms. The highest BCUT2D eigenvalue weighted by Gasteiger charge is 2.43. The van der Waals surface area contributed by atoms with Crippen molar-refractivity contribution in [2.24, 2.45) is 22.9 Å². The Morgan fingerprint density at radius 3 is 2.41 bits per heavy atom. The van der Waals surface area contributed by atoms with Crippen molar-refractivity contribution >= 4 is 40.5 Å². The van der Waals surface area contributed by atoms with Gasteiger partial charge in [0.15, 0.2) is 0 Å². The number of para-hydroxylation sites is 1. The molecule has 1 aliphatic carbocycles. The molecule has 0 spiro atoms. The van der Waals surface area contributed by atoms with Crippen LogP contribution in [0, 0.1) is 17.8 Å². The van der Waals surface area contributed by atoms with Crippen molar-refractivity contribution in [3.05, 3.63) is 64.1 Å². The van der Waals surface area contributed by atoms with Crippen molar-refractivity contribution < 1.29 is 4.79 Å². The van der Waals surface area contributed by atoms with Crippen molar-refractivity contribution in [1.29, 1.82) is 0 Å². The number of hydrogen-bond acceptors (Lipinski definition) is 4. The molecular formula is C25H28Cl2N4O. The van der Waals surface area contributed by atoms with E-state index in [4.69, 9.17) is 28.3 Å². The molecule has 2 fully saturated rings. The fraction of sp³-hybridized carbons (Fsp3) is 0.440. The molecule has 1 amide bonds. The number of carbonyl (C=O) groups excluding carboxylic acids is 1. The van der Waals surface area contributed by atoms with Crippen LogP contribution in [-0.2, 0) is 4.79 Å². The number of rotatable bonds is 5. The minimum Gasteiger partial charge on any atom is -0.284 e. The highest BCUT2D eigenvalue weighted by Crippen LogP contribution is 2.43. The molecule has 0 radical (unpaired) electrons. The van der Waals surface area contributed by atoms with E-state index in [9.17, 15) is 4.79 Å². The number of carbonyl (C=O) groups is 1. The Morgan fingerprint density at radius 2 is 1.75 bits per heavy atom. The Bertz CT molecular complexity index is 1010. The second kappa shape index (κ2) is 9.05. The first-order chi connectivity index (χ1) is 15.5. The van der Waals surface area contributed by atoms with E-state index in [0.29, 0.717) is 27.6 Å². The summed E-state index contributed by atoms with van der Waals surface area (Å²) in [6, 6.07) is 15.3. The summed E-state index contributed by atoms with van der Waals surface area (Å²) in [5.41, 5.74) is 5.58. The molecule has 1 saturated heterocycles. The summed E-state index contributed by atoms with van der Waals surface area (Å²) in [5.74, 6) is 1.26. The summed E-state index contributed by atoms with van der Waals surface area (Å²) in [6.07, 6.45) is 4.64. The van der Waals surface area contributed by atoms with E-state index in [0.717, 1.165) is 30.8 Å². The lowest BCUT2D eigenvalue weighted by Gasteiger charge is -2.28. The lowest BCUT2D eigenvalue weighted by atomic mass is 9.87. The molecule has 2 aromatic carbocycles. The van der Waals surface area contributed by atoms with Gasteiger partial charge in [-0.2, -0.15) is 5.10 Å². The maximum atomic E-state index is 13.4. The van der Waals surface area contributed by atoms with Gasteiger partial charge in [-0.1, -0.05) is 60.8 Å². The minimum absolute atomic E-state index is 0.0606. The second-order valence-corrected chi connectivity index (χ2v) is 9.93. The summed E-state index contributed by atoms with van der Waals surface area (Å²) in [6.45, 7) is 3.98. The van der Waals surface area contributed by atoms with Crippen LogP contribution in [0.5, 0.6) is 0 Å². The van der Waals surface area contributed by atoms with Crippen LogP contribution in [0.1, 0.15) is 44.2 Å². The van der Waals surface area contributed by atoms with E-state index in [1.165, 1.54) is 19.3 Å². The number of nitrogens with one attached hydrogen (secondary N) is 1. The zero-order valence-corrected chi connectivity index (χ0v) is 19.7. The predicted molar refractivity (Wildman–Crippen MR) is 130 cm³/mol. The second-order valence-electron chi connectivity index (χ2n) is 9.09. The molecule has 3 aliphatic rings. The maximum Gasteiger partial charge on any atom is 0.282 e. The number of benzene rings is 2. The fourth-order valence-corrected chi connectivity index (χ4v) is 5.95. The van der Waals surface area contributed by atoms with E-state index < -0.39 is 0 Å². The van der Waals surface area contributed by atoms with Gasteiger partial charge >= 0.3 is 0 Å². The summed E-state index contributed by atoms with van der Waals surface area (Å²) in [5, 5.41) is 10.2. The molecule has 2 unspecified atom stereocenters. The number of fused-ring (bicyclic) bond motifs is 1. The molecule has 5 rings (SSSR count). The minimum atomic E-state index is -0.129. The normalized spacial score (nSPS) is 27.5. The molecule has 1 N–H and O–H groups in total. The molecule has 4 atom stereocenters. The van der Waals surface area contributed by atoms with Crippen molar-refractivity contribution in [3.63, 3.8) is 0 Å². The average Bonchev–Trinajstić information content (AvgIpc) is 3.47. The quantitative estimate of drug-likeness (QED) is 0.609. The van der Waals surface area contributed by atoms with Gasteiger partial charge in [0.05, 0.1) is 16.8 Å². The molecule has 0 aromatic heterocycles. The van der Waals surface area contributed by atoms with Crippen LogP contribution in [0.4, 0.5) is 5.69 Å². The van der Waals surface area contributed by atoms with Crippen LogP contribution >= 0.6 is 23.2 Å². The van der Waals surface area contributed by atoms with Gasteiger partial charge in [-0.05, 0) is 60.9 Å². The molecule has 2 aliphatic heterocycles. The summed E-state index contributed by atoms with van der Waals surface area (Å²) in [4.78, 5) is 13.4. The summed E-state index contributed by atoms with van der Waals surface area (Å²) in [7, 11) is 0. The number of amides is 1. The van der Waals surface area contributed by atoms with Crippen molar-refractivity contribution in [2.45, 2.75) is 38.6 Å². The third-order valence-electron chi connectivity index (χ3n) is 7.18. The average molecular weight is 471 g/mol. The largest absolute Gasteiger partial charge is 0.284 e. The first kappa shape index (κ1) is 21.7. The number of hydrogen-bond donors (Lipinski definition) is 1. The van der Waals surface area contributed by atoms with Gasteiger partial charge in [0.2, 0.25) is 0 Å². The van der Waals surface area contributed by atoms with E-state index >= 15 is 0 Å². The smallest absolute Gasteiger partial charge is 0.282 e. The van der Waals surface area contributed by atoms with Crippen LogP contribution in [-0.4, -0.2) is 29.7 Å². The fourth-order valence-electron chi connectivity index (χ4n) is 5.60. The first-order valence-electron chi connectivity index (χ1n) is 11.5. The van der Waals surface area contributed by atoms with Gasteiger partial charge < -0.3 is 0 Å². The summed E-state index contributed by atoms with van der Waals surface area (Å²) < 4.78 is 0. The van der Waals surface area contributed by atoms with Crippen molar-refractivity contribution in [3.8, 4) is 0 Å². The zero-order valence-electron chi connectivity index (χ0n) is 18.2. The zero-order chi connectivity index (χ0) is 22.2. The number of hydrazine groups is 1. The molecule has 0 bridgehead atoms. The number of anilines is 1. The predicted octanol–water partition coefficient (Wildman–Crippen LogP) is 5.70. The molecule has 168 valence electrons. The van der Waals surface area contributed by atoms with Crippen LogP contribution in [0.3, 0.4) is 0 Å². The molecule has 1 saturated carbocycles. The Morgan fingerprint density at radius 1 is 1.06 bits per heavy atom. The number of nitrogens with zero attached hydrogens (tertiary/aromatic N) is 3. The van der Waals surface area contributed by atoms with Crippen LogP contribution < -0.4 is 10.4 Å². The third-order valence-corrected chi connectivity index (χ3v) is 7.75. The van der Waals surface area contributed by atoms with E-state index in [2.05, 4.69) is 17.4 Å². The molecule has 2 aromatic rings. The highest BCUT2D eigenvalue weighted by molar-refractivity contribution is 6.40.